The smallest absolute Gasteiger partial charge is 0.322 e. The highest BCUT2D eigenvalue weighted by molar-refractivity contribution is 5.99. The standard InChI is InChI=1S/C17H12N2O5/c20-16(21)13(17(22)23)11-7-4-8-12(9-11)14-18-15(24-19-14)10-5-2-1-3-6-10/h1-9,13H,(H,20,21)(H,22,23). The lowest BCUT2D eigenvalue weighted by atomic mass is 9.97. The van der Waals surface area contributed by atoms with Crippen molar-refractivity contribution in [3.8, 4) is 22.8 Å². The summed E-state index contributed by atoms with van der Waals surface area (Å²) in [6.07, 6.45) is 0. The van der Waals surface area contributed by atoms with Crippen LogP contribution in [0.1, 0.15) is 11.5 Å². The van der Waals surface area contributed by atoms with Gasteiger partial charge in [0.1, 0.15) is 0 Å². The number of rotatable bonds is 5. The van der Waals surface area contributed by atoms with Crippen LogP contribution in [0, 0.1) is 0 Å². The average molecular weight is 324 g/mol. The molecule has 0 saturated heterocycles. The van der Waals surface area contributed by atoms with E-state index in [1.54, 1.807) is 12.1 Å². The van der Waals surface area contributed by atoms with Crippen LogP contribution >= 0.6 is 0 Å². The summed E-state index contributed by atoms with van der Waals surface area (Å²) in [5.74, 6) is -3.94. The fraction of sp³-hybridized carbons (Fsp3) is 0.0588. The molecule has 0 aliphatic carbocycles. The molecule has 0 aliphatic rings. The zero-order chi connectivity index (χ0) is 17.1. The Kier molecular flexibility index (Phi) is 4.07. The fourth-order valence-corrected chi connectivity index (χ4v) is 2.29. The molecule has 120 valence electrons. The Morgan fingerprint density at radius 2 is 1.58 bits per heavy atom. The lowest BCUT2D eigenvalue weighted by molar-refractivity contribution is -0.150. The van der Waals surface area contributed by atoms with Crippen LogP contribution in [-0.2, 0) is 9.59 Å². The Morgan fingerprint density at radius 3 is 2.25 bits per heavy atom. The number of nitrogens with zero attached hydrogens (tertiary/aromatic N) is 2. The molecule has 3 aromatic rings. The van der Waals surface area contributed by atoms with Crippen LogP contribution in [0.15, 0.2) is 59.1 Å². The first-order chi connectivity index (χ1) is 11.6. The van der Waals surface area contributed by atoms with E-state index in [-0.39, 0.29) is 11.4 Å². The largest absolute Gasteiger partial charge is 0.480 e. The molecule has 0 saturated carbocycles. The maximum absolute atomic E-state index is 11.1. The third-order valence-corrected chi connectivity index (χ3v) is 3.42. The maximum Gasteiger partial charge on any atom is 0.322 e. The van der Waals surface area contributed by atoms with E-state index in [0.29, 0.717) is 11.5 Å². The second kappa shape index (κ2) is 6.33. The van der Waals surface area contributed by atoms with Crippen LogP contribution in [0.5, 0.6) is 0 Å². The van der Waals surface area contributed by atoms with Gasteiger partial charge in [-0.15, -0.1) is 0 Å². The van der Waals surface area contributed by atoms with Gasteiger partial charge in [0.2, 0.25) is 5.82 Å². The van der Waals surface area contributed by atoms with E-state index in [1.807, 2.05) is 30.3 Å². The second-order valence-corrected chi connectivity index (χ2v) is 5.02. The third kappa shape index (κ3) is 3.00. The van der Waals surface area contributed by atoms with Gasteiger partial charge < -0.3 is 14.7 Å². The predicted octanol–water partition coefficient (Wildman–Crippen LogP) is 2.66. The molecular weight excluding hydrogens is 312 g/mol. The van der Waals surface area contributed by atoms with Crippen LogP contribution in [-0.4, -0.2) is 32.3 Å². The molecule has 0 spiro atoms. The zero-order valence-corrected chi connectivity index (χ0v) is 12.3. The van der Waals surface area contributed by atoms with Crippen molar-refractivity contribution in [3.63, 3.8) is 0 Å². The molecule has 0 unspecified atom stereocenters. The van der Waals surface area contributed by atoms with Gasteiger partial charge in [-0.2, -0.15) is 4.98 Å². The normalized spacial score (nSPS) is 10.7. The minimum atomic E-state index is -1.65. The summed E-state index contributed by atoms with van der Waals surface area (Å²) in [6, 6.07) is 15.3. The van der Waals surface area contributed by atoms with E-state index in [2.05, 4.69) is 10.1 Å². The number of carbonyl (C=O) groups is 2. The minimum absolute atomic E-state index is 0.138. The molecule has 0 amide bonds. The molecule has 7 nitrogen and oxygen atoms in total. The van der Waals surface area contributed by atoms with Crippen molar-refractivity contribution in [1.82, 2.24) is 10.1 Å². The Hall–Kier alpha value is -3.48. The molecule has 0 bridgehead atoms. The van der Waals surface area contributed by atoms with Gasteiger partial charge in [0, 0.05) is 11.1 Å². The van der Waals surface area contributed by atoms with Crippen molar-refractivity contribution in [2.24, 2.45) is 0 Å². The predicted molar refractivity (Wildman–Crippen MR) is 83.2 cm³/mol. The van der Waals surface area contributed by atoms with Crippen molar-refractivity contribution in [2.45, 2.75) is 5.92 Å². The van der Waals surface area contributed by atoms with Gasteiger partial charge in [-0.25, -0.2) is 0 Å². The molecule has 24 heavy (non-hydrogen) atoms. The molecule has 2 N–H and O–H groups in total. The van der Waals surface area contributed by atoms with Gasteiger partial charge in [-0.05, 0) is 23.8 Å². The number of hydrogen-bond donors (Lipinski definition) is 2. The van der Waals surface area contributed by atoms with Gasteiger partial charge in [0.05, 0.1) is 0 Å². The highest BCUT2D eigenvalue weighted by Crippen LogP contribution is 2.25. The highest BCUT2D eigenvalue weighted by Gasteiger charge is 2.28. The first-order valence-electron chi connectivity index (χ1n) is 7.01. The van der Waals surface area contributed by atoms with Crippen LogP contribution in [0.3, 0.4) is 0 Å². The zero-order valence-electron chi connectivity index (χ0n) is 12.3. The number of benzene rings is 2. The average Bonchev–Trinajstić information content (AvgIpc) is 3.05. The van der Waals surface area contributed by atoms with Gasteiger partial charge in [0.15, 0.2) is 5.92 Å². The summed E-state index contributed by atoms with van der Waals surface area (Å²) in [6.45, 7) is 0. The van der Waals surface area contributed by atoms with E-state index < -0.39 is 17.9 Å². The van der Waals surface area contributed by atoms with Crippen LogP contribution in [0.25, 0.3) is 22.8 Å². The number of carboxylic acid groups (broad SMARTS) is 2. The first-order valence-corrected chi connectivity index (χ1v) is 7.01. The Morgan fingerprint density at radius 1 is 0.917 bits per heavy atom. The summed E-state index contributed by atoms with van der Waals surface area (Å²) < 4.78 is 5.21. The molecule has 1 aromatic heterocycles. The van der Waals surface area contributed by atoms with Crippen molar-refractivity contribution in [3.05, 3.63) is 60.2 Å². The molecule has 0 radical (unpaired) electrons. The lowest BCUT2D eigenvalue weighted by Gasteiger charge is -2.08. The van der Waals surface area contributed by atoms with Gasteiger partial charge >= 0.3 is 11.9 Å². The van der Waals surface area contributed by atoms with E-state index in [1.165, 1.54) is 12.1 Å². The quantitative estimate of drug-likeness (QED) is 0.693. The van der Waals surface area contributed by atoms with Gasteiger partial charge in [-0.1, -0.05) is 41.6 Å². The molecule has 2 aromatic carbocycles. The number of aliphatic carboxylic acids is 2. The van der Waals surface area contributed by atoms with Crippen molar-refractivity contribution < 1.29 is 24.3 Å². The third-order valence-electron chi connectivity index (χ3n) is 3.42. The Labute approximate surface area is 136 Å². The summed E-state index contributed by atoms with van der Waals surface area (Å²) >= 11 is 0. The van der Waals surface area contributed by atoms with Gasteiger partial charge in [-0.3, -0.25) is 9.59 Å². The monoisotopic (exact) mass is 324 g/mol. The summed E-state index contributed by atoms with van der Waals surface area (Å²) in [5.41, 5.74) is 1.37. The summed E-state index contributed by atoms with van der Waals surface area (Å²) in [4.78, 5) is 26.6. The Balaban J connectivity index is 1.97. The molecule has 3 rings (SSSR count). The molecule has 1 heterocycles. The van der Waals surface area contributed by atoms with Crippen molar-refractivity contribution in [1.29, 1.82) is 0 Å². The van der Waals surface area contributed by atoms with Crippen LogP contribution in [0.4, 0.5) is 0 Å². The van der Waals surface area contributed by atoms with E-state index in [4.69, 9.17) is 14.7 Å². The molecule has 0 fully saturated rings. The van der Waals surface area contributed by atoms with Crippen molar-refractivity contribution >= 4 is 11.9 Å². The Bertz CT molecular complexity index is 875. The molecular formula is C17H12N2O5. The number of hydrogen-bond acceptors (Lipinski definition) is 5. The van der Waals surface area contributed by atoms with E-state index in [9.17, 15) is 9.59 Å². The number of carboxylic acids is 2. The second-order valence-electron chi connectivity index (χ2n) is 5.02. The first kappa shape index (κ1) is 15.4. The fourth-order valence-electron chi connectivity index (χ4n) is 2.29. The van der Waals surface area contributed by atoms with Crippen LogP contribution < -0.4 is 0 Å². The maximum atomic E-state index is 11.1. The lowest BCUT2D eigenvalue weighted by Crippen LogP contribution is -2.21. The minimum Gasteiger partial charge on any atom is -0.480 e. The summed E-state index contributed by atoms with van der Waals surface area (Å²) in [7, 11) is 0. The summed E-state index contributed by atoms with van der Waals surface area (Å²) in [5, 5.41) is 22.0. The van der Waals surface area contributed by atoms with Crippen LogP contribution in [0.2, 0.25) is 0 Å². The molecule has 0 atom stereocenters. The SMILES string of the molecule is O=C(O)C(C(=O)O)c1cccc(-c2noc(-c3ccccc3)n2)c1. The highest BCUT2D eigenvalue weighted by atomic mass is 16.5. The van der Waals surface area contributed by atoms with E-state index >= 15 is 0 Å². The van der Waals surface area contributed by atoms with Gasteiger partial charge in [0.25, 0.3) is 5.89 Å². The van der Waals surface area contributed by atoms with Crippen molar-refractivity contribution in [2.75, 3.05) is 0 Å². The molecule has 7 heteroatoms. The van der Waals surface area contributed by atoms with E-state index in [0.717, 1.165) is 5.56 Å². The molecule has 0 aliphatic heterocycles. The number of aromatic nitrogens is 2. The topological polar surface area (TPSA) is 114 Å².